The number of amides is 1. The summed E-state index contributed by atoms with van der Waals surface area (Å²) in [4.78, 5) is 20.6. The summed E-state index contributed by atoms with van der Waals surface area (Å²) in [5.41, 5.74) is 6.94. The van der Waals surface area contributed by atoms with E-state index in [1.807, 2.05) is 6.92 Å². The topological polar surface area (TPSA) is 94.5 Å². The molecule has 3 aromatic heterocycles. The molecule has 7 nitrogen and oxygen atoms in total. The lowest BCUT2D eigenvalue weighted by Gasteiger charge is -2.10. The molecule has 3 heterocycles. The second kappa shape index (κ2) is 6.76. The highest BCUT2D eigenvalue weighted by atomic mass is 19.1. The zero-order chi connectivity index (χ0) is 18.0. The van der Waals surface area contributed by atoms with Gasteiger partial charge in [0.25, 0.3) is 5.91 Å². The smallest absolute Gasteiger partial charge is 0.273 e. The first-order valence-corrected chi connectivity index (χ1v) is 7.81. The van der Waals surface area contributed by atoms with Crippen LogP contribution in [-0.4, -0.2) is 33.9 Å². The fraction of sp³-hybridized carbons (Fsp3) is 0.235. The minimum absolute atomic E-state index is 0.0585. The van der Waals surface area contributed by atoms with Gasteiger partial charge in [-0.15, -0.1) is 0 Å². The van der Waals surface area contributed by atoms with Crippen LogP contribution in [0.15, 0.2) is 30.7 Å². The van der Waals surface area contributed by atoms with Gasteiger partial charge in [0.15, 0.2) is 5.69 Å². The van der Waals surface area contributed by atoms with Crippen molar-refractivity contribution >= 4 is 17.4 Å². The molecule has 0 aliphatic rings. The Morgan fingerprint density at radius 2 is 2.24 bits per heavy atom. The average Bonchev–Trinajstić information content (AvgIpc) is 2.96. The molecular weight excluding hydrogens is 325 g/mol. The van der Waals surface area contributed by atoms with Gasteiger partial charge in [-0.1, -0.05) is 6.92 Å². The van der Waals surface area contributed by atoms with Crippen molar-refractivity contribution in [1.29, 1.82) is 0 Å². The summed E-state index contributed by atoms with van der Waals surface area (Å²) >= 11 is 0. The Morgan fingerprint density at radius 1 is 1.44 bits per heavy atom. The summed E-state index contributed by atoms with van der Waals surface area (Å²) in [6.07, 6.45) is 5.25. The molecule has 0 aromatic carbocycles. The highest BCUT2D eigenvalue weighted by Gasteiger charge is 2.22. The maximum absolute atomic E-state index is 14.6. The number of imidazole rings is 1. The van der Waals surface area contributed by atoms with Crippen LogP contribution in [0.1, 0.15) is 23.8 Å². The minimum atomic E-state index is -0.510. The maximum Gasteiger partial charge on any atom is 0.273 e. The van der Waals surface area contributed by atoms with E-state index >= 15 is 0 Å². The third-order valence-corrected chi connectivity index (χ3v) is 3.80. The second-order valence-electron chi connectivity index (χ2n) is 5.41. The monoisotopic (exact) mass is 343 g/mol. The van der Waals surface area contributed by atoms with E-state index in [2.05, 4.69) is 15.3 Å². The molecule has 3 aromatic rings. The Balaban J connectivity index is 2.23. The second-order valence-corrected chi connectivity index (χ2v) is 5.41. The molecule has 0 aliphatic carbocycles. The predicted octanol–water partition coefficient (Wildman–Crippen LogP) is 2.27. The molecule has 0 atom stereocenters. The Hall–Kier alpha value is -3.16. The van der Waals surface area contributed by atoms with E-state index in [1.54, 1.807) is 12.3 Å². The van der Waals surface area contributed by atoms with E-state index in [4.69, 9.17) is 10.5 Å². The van der Waals surface area contributed by atoms with Crippen molar-refractivity contribution in [3.05, 3.63) is 42.2 Å². The average molecular weight is 343 g/mol. The van der Waals surface area contributed by atoms with Crippen molar-refractivity contribution in [3.8, 4) is 16.9 Å². The Bertz CT molecular complexity index is 938. The standard InChI is InChI=1S/C17H18FN5O2/c1-3-6-21-17(24)14-15(19)23-8-5-11(18)13(16(23)22-14)10-9-20-7-4-12(10)25-2/h4-5,7-9H,3,6,19H2,1-2H3,(H,21,24). The number of anilines is 1. The third-order valence-electron chi connectivity index (χ3n) is 3.80. The summed E-state index contributed by atoms with van der Waals surface area (Å²) < 4.78 is 21.4. The van der Waals surface area contributed by atoms with Gasteiger partial charge in [-0.3, -0.25) is 14.2 Å². The number of carbonyl (C=O) groups is 1. The van der Waals surface area contributed by atoms with Crippen molar-refractivity contribution in [2.45, 2.75) is 13.3 Å². The number of halogens is 1. The molecule has 0 fully saturated rings. The number of nitrogens with two attached hydrogens (primary N) is 1. The molecule has 25 heavy (non-hydrogen) atoms. The number of pyridine rings is 2. The van der Waals surface area contributed by atoms with Crippen LogP contribution in [0.2, 0.25) is 0 Å². The third kappa shape index (κ3) is 2.86. The number of methoxy groups -OCH3 is 1. The van der Waals surface area contributed by atoms with Crippen LogP contribution in [0.25, 0.3) is 16.8 Å². The number of fused-ring (bicyclic) bond motifs is 1. The minimum Gasteiger partial charge on any atom is -0.496 e. The lowest BCUT2D eigenvalue weighted by molar-refractivity contribution is 0.0950. The number of hydrogen-bond donors (Lipinski definition) is 2. The predicted molar refractivity (Wildman–Crippen MR) is 92.0 cm³/mol. The SMILES string of the molecule is CCCNC(=O)c1nc2c(-c3cnccc3OC)c(F)ccn2c1N. The van der Waals surface area contributed by atoms with Gasteiger partial charge in [0.2, 0.25) is 0 Å². The first-order chi connectivity index (χ1) is 12.1. The highest BCUT2D eigenvalue weighted by Crippen LogP contribution is 2.34. The van der Waals surface area contributed by atoms with Gasteiger partial charge in [-0.25, -0.2) is 9.37 Å². The van der Waals surface area contributed by atoms with E-state index in [1.165, 1.54) is 30.0 Å². The molecule has 0 aliphatic heterocycles. The number of carbonyl (C=O) groups excluding carboxylic acids is 1. The van der Waals surface area contributed by atoms with Crippen LogP contribution < -0.4 is 15.8 Å². The quantitative estimate of drug-likeness (QED) is 0.741. The number of nitrogens with one attached hydrogen (secondary N) is 1. The fourth-order valence-electron chi connectivity index (χ4n) is 2.59. The van der Waals surface area contributed by atoms with Crippen LogP contribution in [0, 0.1) is 5.82 Å². The number of nitrogens with zero attached hydrogens (tertiary/aromatic N) is 3. The Kier molecular flexibility index (Phi) is 4.51. The van der Waals surface area contributed by atoms with Gasteiger partial charge in [-0.05, 0) is 18.6 Å². The summed E-state index contributed by atoms with van der Waals surface area (Å²) in [6.45, 7) is 2.44. The number of ether oxygens (including phenoxy) is 1. The van der Waals surface area contributed by atoms with Crippen LogP contribution in [0.4, 0.5) is 10.2 Å². The number of aromatic nitrogens is 3. The number of nitrogen functional groups attached to an aromatic ring is 1. The zero-order valence-corrected chi connectivity index (χ0v) is 13.9. The van der Waals surface area contributed by atoms with Gasteiger partial charge in [-0.2, -0.15) is 0 Å². The molecule has 3 rings (SSSR count). The van der Waals surface area contributed by atoms with Crippen molar-refractivity contribution in [2.75, 3.05) is 19.4 Å². The van der Waals surface area contributed by atoms with Crippen LogP contribution in [0.5, 0.6) is 5.75 Å². The molecule has 1 amide bonds. The Morgan fingerprint density at radius 3 is 2.96 bits per heavy atom. The largest absolute Gasteiger partial charge is 0.496 e. The fourth-order valence-corrected chi connectivity index (χ4v) is 2.59. The van der Waals surface area contributed by atoms with Crippen LogP contribution >= 0.6 is 0 Å². The molecule has 0 unspecified atom stereocenters. The molecule has 0 spiro atoms. The van der Waals surface area contributed by atoms with Crippen LogP contribution in [0.3, 0.4) is 0 Å². The van der Waals surface area contributed by atoms with E-state index in [0.29, 0.717) is 17.9 Å². The van der Waals surface area contributed by atoms with Crippen molar-refractivity contribution in [3.63, 3.8) is 0 Å². The summed E-state index contributed by atoms with van der Waals surface area (Å²) in [5, 5.41) is 2.72. The summed E-state index contributed by atoms with van der Waals surface area (Å²) in [5.74, 6) is -0.315. The number of hydrogen-bond acceptors (Lipinski definition) is 5. The van der Waals surface area contributed by atoms with E-state index in [9.17, 15) is 9.18 Å². The maximum atomic E-state index is 14.6. The number of rotatable bonds is 5. The zero-order valence-electron chi connectivity index (χ0n) is 13.9. The summed E-state index contributed by atoms with van der Waals surface area (Å²) in [7, 11) is 1.49. The van der Waals surface area contributed by atoms with Gasteiger partial charge in [0.05, 0.1) is 12.7 Å². The van der Waals surface area contributed by atoms with Gasteiger partial charge < -0.3 is 15.8 Å². The van der Waals surface area contributed by atoms with E-state index in [-0.39, 0.29) is 22.7 Å². The molecule has 0 radical (unpaired) electrons. The van der Waals surface area contributed by atoms with E-state index in [0.717, 1.165) is 6.42 Å². The van der Waals surface area contributed by atoms with Crippen molar-refractivity contribution in [1.82, 2.24) is 19.7 Å². The molecule has 0 saturated carbocycles. The molecule has 0 bridgehead atoms. The summed E-state index contributed by atoms with van der Waals surface area (Å²) in [6, 6.07) is 2.89. The van der Waals surface area contributed by atoms with Crippen molar-refractivity contribution in [2.24, 2.45) is 0 Å². The lowest BCUT2D eigenvalue weighted by atomic mass is 10.1. The molecule has 8 heteroatoms. The normalized spacial score (nSPS) is 10.8. The van der Waals surface area contributed by atoms with Crippen molar-refractivity contribution < 1.29 is 13.9 Å². The molecule has 0 saturated heterocycles. The lowest BCUT2D eigenvalue weighted by Crippen LogP contribution is -2.25. The van der Waals surface area contributed by atoms with E-state index < -0.39 is 11.7 Å². The first kappa shape index (κ1) is 16.7. The van der Waals surface area contributed by atoms with Gasteiger partial charge in [0, 0.05) is 30.7 Å². The molecule has 3 N–H and O–H groups in total. The highest BCUT2D eigenvalue weighted by molar-refractivity contribution is 5.99. The molecular formula is C17H18FN5O2. The van der Waals surface area contributed by atoms with Gasteiger partial charge in [0.1, 0.15) is 23.0 Å². The van der Waals surface area contributed by atoms with Gasteiger partial charge >= 0.3 is 0 Å². The van der Waals surface area contributed by atoms with Crippen LogP contribution in [-0.2, 0) is 0 Å². The molecule has 130 valence electrons. The first-order valence-electron chi connectivity index (χ1n) is 7.81. The Labute approximate surface area is 143 Å².